The lowest BCUT2D eigenvalue weighted by Gasteiger charge is -2.09. The predicted octanol–water partition coefficient (Wildman–Crippen LogP) is 3.18. The minimum absolute atomic E-state index is 0.692. The van der Waals surface area contributed by atoms with Crippen molar-refractivity contribution in [3.05, 3.63) is 48.0 Å². The van der Waals surface area contributed by atoms with Crippen molar-refractivity contribution in [1.29, 1.82) is 0 Å². The van der Waals surface area contributed by atoms with Crippen LogP contribution in [0.4, 0.5) is 0 Å². The van der Waals surface area contributed by atoms with Gasteiger partial charge in [0.2, 0.25) is 0 Å². The summed E-state index contributed by atoms with van der Waals surface area (Å²) >= 11 is 0. The number of rotatable bonds is 6. The summed E-state index contributed by atoms with van der Waals surface area (Å²) in [6.45, 7) is 8.57. The van der Waals surface area contributed by atoms with E-state index in [-0.39, 0.29) is 0 Å². The molecule has 0 spiro atoms. The van der Waals surface area contributed by atoms with Gasteiger partial charge in [-0.05, 0) is 30.2 Å². The van der Waals surface area contributed by atoms with Gasteiger partial charge in [-0.1, -0.05) is 32.9 Å². The van der Waals surface area contributed by atoms with E-state index >= 15 is 0 Å². The molecule has 1 N–H and O–H groups in total. The van der Waals surface area contributed by atoms with E-state index in [0.29, 0.717) is 5.92 Å². The Morgan fingerprint density at radius 2 is 1.95 bits per heavy atom. The molecule has 2 rings (SSSR count). The molecule has 0 bridgehead atoms. The van der Waals surface area contributed by atoms with Gasteiger partial charge in [0.1, 0.15) is 5.82 Å². The lowest BCUT2D eigenvalue weighted by Crippen LogP contribution is -2.18. The Morgan fingerprint density at radius 3 is 2.58 bits per heavy atom. The predicted molar refractivity (Wildman–Crippen MR) is 79.5 cm³/mol. The van der Waals surface area contributed by atoms with Crippen molar-refractivity contribution in [2.45, 2.75) is 33.7 Å². The molecule has 102 valence electrons. The quantitative estimate of drug-likeness (QED) is 0.861. The van der Waals surface area contributed by atoms with Crippen molar-refractivity contribution >= 4 is 0 Å². The van der Waals surface area contributed by atoms with Gasteiger partial charge in [0.05, 0.1) is 0 Å². The van der Waals surface area contributed by atoms with Crippen LogP contribution in [0, 0.1) is 5.92 Å². The standard InChI is InChI=1S/C16H23N3/c1-4-16-18-9-10-19(16)15-7-5-14(6-8-15)12-17-11-13(2)3/h5-10,13,17H,4,11-12H2,1-3H3. The Kier molecular flexibility index (Phi) is 4.74. The second-order valence-corrected chi connectivity index (χ2v) is 5.26. The van der Waals surface area contributed by atoms with E-state index in [4.69, 9.17) is 0 Å². The molecular weight excluding hydrogens is 234 g/mol. The fraction of sp³-hybridized carbons (Fsp3) is 0.438. The zero-order valence-corrected chi connectivity index (χ0v) is 12.1. The van der Waals surface area contributed by atoms with E-state index in [0.717, 1.165) is 25.3 Å². The minimum Gasteiger partial charge on any atom is -0.312 e. The van der Waals surface area contributed by atoms with Gasteiger partial charge in [0.25, 0.3) is 0 Å². The minimum atomic E-state index is 0.692. The Hall–Kier alpha value is -1.61. The lowest BCUT2D eigenvalue weighted by molar-refractivity contribution is 0.552. The second kappa shape index (κ2) is 6.53. The highest BCUT2D eigenvalue weighted by Crippen LogP contribution is 2.12. The number of nitrogens with zero attached hydrogens (tertiary/aromatic N) is 2. The van der Waals surface area contributed by atoms with E-state index in [9.17, 15) is 0 Å². The highest BCUT2D eigenvalue weighted by atomic mass is 15.1. The highest BCUT2D eigenvalue weighted by molar-refractivity contribution is 5.36. The fourth-order valence-electron chi connectivity index (χ4n) is 2.11. The van der Waals surface area contributed by atoms with Gasteiger partial charge in [-0.3, -0.25) is 0 Å². The monoisotopic (exact) mass is 257 g/mol. The van der Waals surface area contributed by atoms with Crippen LogP contribution in [0.5, 0.6) is 0 Å². The van der Waals surface area contributed by atoms with Crippen LogP contribution in [0.1, 0.15) is 32.2 Å². The molecule has 0 aliphatic carbocycles. The third kappa shape index (κ3) is 3.67. The summed E-state index contributed by atoms with van der Waals surface area (Å²) in [4.78, 5) is 4.35. The topological polar surface area (TPSA) is 29.9 Å². The van der Waals surface area contributed by atoms with Gasteiger partial charge in [-0.2, -0.15) is 0 Å². The highest BCUT2D eigenvalue weighted by Gasteiger charge is 2.02. The third-order valence-corrected chi connectivity index (χ3v) is 3.13. The summed E-state index contributed by atoms with van der Waals surface area (Å²) in [7, 11) is 0. The largest absolute Gasteiger partial charge is 0.312 e. The van der Waals surface area contributed by atoms with Crippen molar-refractivity contribution in [3.8, 4) is 5.69 Å². The van der Waals surface area contributed by atoms with E-state index in [1.54, 1.807) is 0 Å². The maximum atomic E-state index is 4.35. The molecule has 19 heavy (non-hydrogen) atoms. The second-order valence-electron chi connectivity index (χ2n) is 5.26. The molecule has 0 unspecified atom stereocenters. The molecule has 0 radical (unpaired) electrons. The Morgan fingerprint density at radius 1 is 1.21 bits per heavy atom. The number of aromatic nitrogens is 2. The van der Waals surface area contributed by atoms with Crippen molar-refractivity contribution in [1.82, 2.24) is 14.9 Å². The lowest BCUT2D eigenvalue weighted by atomic mass is 10.2. The van der Waals surface area contributed by atoms with Gasteiger partial charge in [0.15, 0.2) is 0 Å². The first-order valence-corrected chi connectivity index (χ1v) is 7.03. The zero-order chi connectivity index (χ0) is 13.7. The maximum Gasteiger partial charge on any atom is 0.112 e. The summed E-state index contributed by atoms with van der Waals surface area (Å²) in [6.07, 6.45) is 4.83. The van der Waals surface area contributed by atoms with Gasteiger partial charge < -0.3 is 9.88 Å². The maximum absolute atomic E-state index is 4.35. The number of imidazole rings is 1. The number of nitrogens with one attached hydrogen (secondary N) is 1. The average molecular weight is 257 g/mol. The van der Waals surface area contributed by atoms with Gasteiger partial charge >= 0.3 is 0 Å². The number of hydrogen-bond donors (Lipinski definition) is 1. The van der Waals surface area contributed by atoms with E-state index in [1.807, 2.05) is 12.4 Å². The molecule has 0 aliphatic rings. The first-order chi connectivity index (χ1) is 9.20. The molecular formula is C16H23N3. The van der Waals surface area contributed by atoms with Crippen LogP contribution in [-0.4, -0.2) is 16.1 Å². The summed E-state index contributed by atoms with van der Waals surface area (Å²) in [5.41, 5.74) is 2.50. The molecule has 2 aromatic rings. The van der Waals surface area contributed by atoms with Gasteiger partial charge in [0, 0.05) is 31.0 Å². The molecule has 3 nitrogen and oxygen atoms in total. The number of aryl methyl sites for hydroxylation is 1. The summed E-state index contributed by atoms with van der Waals surface area (Å²) < 4.78 is 2.14. The Balaban J connectivity index is 2.02. The molecule has 0 saturated carbocycles. The normalized spacial score (nSPS) is 11.2. The van der Waals surface area contributed by atoms with Crippen LogP contribution in [0.2, 0.25) is 0 Å². The third-order valence-electron chi connectivity index (χ3n) is 3.13. The van der Waals surface area contributed by atoms with Gasteiger partial charge in [-0.15, -0.1) is 0 Å². The molecule has 0 atom stereocenters. The van der Waals surface area contributed by atoms with Crippen molar-refractivity contribution in [2.24, 2.45) is 5.92 Å². The first-order valence-electron chi connectivity index (χ1n) is 7.03. The summed E-state index contributed by atoms with van der Waals surface area (Å²) in [5.74, 6) is 1.79. The first kappa shape index (κ1) is 13.8. The molecule has 1 aromatic heterocycles. The van der Waals surface area contributed by atoms with Crippen molar-refractivity contribution in [2.75, 3.05) is 6.54 Å². The van der Waals surface area contributed by atoms with E-state index < -0.39 is 0 Å². The number of benzene rings is 1. The fourth-order valence-corrected chi connectivity index (χ4v) is 2.11. The van der Waals surface area contributed by atoms with E-state index in [1.165, 1.54) is 11.3 Å². The molecule has 1 heterocycles. The van der Waals surface area contributed by atoms with Crippen molar-refractivity contribution in [3.63, 3.8) is 0 Å². The Bertz CT molecular complexity index is 497. The summed E-state index contributed by atoms with van der Waals surface area (Å²) in [6, 6.07) is 8.69. The smallest absolute Gasteiger partial charge is 0.112 e. The average Bonchev–Trinajstić information content (AvgIpc) is 2.87. The SMILES string of the molecule is CCc1nccn1-c1ccc(CNCC(C)C)cc1. The molecule has 0 fully saturated rings. The van der Waals surface area contributed by atoms with Crippen LogP contribution in [-0.2, 0) is 13.0 Å². The van der Waals surface area contributed by atoms with E-state index in [2.05, 4.69) is 59.9 Å². The van der Waals surface area contributed by atoms with Crippen LogP contribution in [0.15, 0.2) is 36.7 Å². The molecule has 0 amide bonds. The van der Waals surface area contributed by atoms with Crippen LogP contribution < -0.4 is 5.32 Å². The van der Waals surface area contributed by atoms with Crippen LogP contribution in [0.25, 0.3) is 5.69 Å². The summed E-state index contributed by atoms with van der Waals surface area (Å²) in [5, 5.41) is 3.46. The van der Waals surface area contributed by atoms with Crippen LogP contribution >= 0.6 is 0 Å². The Labute approximate surface area is 115 Å². The van der Waals surface area contributed by atoms with Gasteiger partial charge in [-0.25, -0.2) is 4.98 Å². The van der Waals surface area contributed by atoms with Crippen molar-refractivity contribution < 1.29 is 0 Å². The van der Waals surface area contributed by atoms with Crippen LogP contribution in [0.3, 0.4) is 0 Å². The molecule has 3 heteroatoms. The number of hydrogen-bond acceptors (Lipinski definition) is 2. The molecule has 1 aromatic carbocycles. The molecule has 0 aliphatic heterocycles. The zero-order valence-electron chi connectivity index (χ0n) is 12.1. The molecule has 0 saturated heterocycles.